The lowest BCUT2D eigenvalue weighted by Crippen LogP contribution is -2.35. The van der Waals surface area contributed by atoms with Gasteiger partial charge >= 0.3 is 11.9 Å². The number of hydrogen-bond acceptors (Lipinski definition) is 6. The number of methoxy groups -OCH3 is 1. The summed E-state index contributed by atoms with van der Waals surface area (Å²) in [5.74, 6) is 0.122. The average Bonchev–Trinajstić information content (AvgIpc) is 2.71. The number of carbonyl (C=O) groups excluding carboxylic acids is 1. The zero-order valence-electron chi connectivity index (χ0n) is 17.7. The van der Waals surface area contributed by atoms with Crippen LogP contribution in [0.2, 0.25) is 0 Å². The lowest BCUT2D eigenvalue weighted by molar-refractivity contribution is -0.151. The fraction of sp³-hybridized carbons (Fsp3) is 0.391. The van der Waals surface area contributed by atoms with Gasteiger partial charge in [-0.1, -0.05) is 30.3 Å². The van der Waals surface area contributed by atoms with Crippen LogP contribution in [0.1, 0.15) is 19.3 Å². The topological polar surface area (TPSA) is 85.3 Å². The largest absolute Gasteiger partial charge is 0.496 e. The molecule has 7 heteroatoms. The zero-order chi connectivity index (χ0) is 21.9. The molecule has 0 fully saturated rings. The molecule has 2 aromatic rings. The van der Waals surface area contributed by atoms with Crippen LogP contribution in [0.3, 0.4) is 0 Å². The molecule has 30 heavy (non-hydrogen) atoms. The number of likely N-dealkylation sites (N-methyl/N-ethyl adjacent to an activating group) is 1. The fourth-order valence-corrected chi connectivity index (χ4v) is 2.96. The van der Waals surface area contributed by atoms with E-state index in [1.807, 2.05) is 67.5 Å². The molecule has 1 unspecified atom stereocenters. The maximum absolute atomic E-state index is 12.0. The van der Waals surface area contributed by atoms with Crippen LogP contribution >= 0.6 is 0 Å². The summed E-state index contributed by atoms with van der Waals surface area (Å²) < 4.78 is 16.7. The third-order valence-electron chi connectivity index (χ3n) is 4.35. The lowest BCUT2D eigenvalue weighted by atomic mass is 10.0. The molecule has 0 saturated heterocycles. The summed E-state index contributed by atoms with van der Waals surface area (Å²) in [6, 6.07) is 15.4. The molecule has 0 aliphatic heterocycles. The second-order valence-electron chi connectivity index (χ2n) is 7.16. The molecule has 0 amide bonds. The second kappa shape index (κ2) is 11.8. The van der Waals surface area contributed by atoms with E-state index in [4.69, 9.17) is 19.3 Å². The van der Waals surface area contributed by atoms with E-state index in [0.717, 1.165) is 16.9 Å². The summed E-state index contributed by atoms with van der Waals surface area (Å²) in [6.45, 7) is 0.709. The van der Waals surface area contributed by atoms with Gasteiger partial charge in [0.2, 0.25) is 0 Å². The van der Waals surface area contributed by atoms with E-state index < -0.39 is 18.0 Å². The Morgan fingerprint density at radius 3 is 2.37 bits per heavy atom. The minimum atomic E-state index is -0.924. The van der Waals surface area contributed by atoms with Crippen molar-refractivity contribution < 1.29 is 28.9 Å². The maximum atomic E-state index is 12.0. The smallest absolute Gasteiger partial charge is 0.306 e. The van der Waals surface area contributed by atoms with Crippen LogP contribution in [-0.4, -0.2) is 62.4 Å². The van der Waals surface area contributed by atoms with E-state index in [2.05, 4.69) is 0 Å². The third kappa shape index (κ3) is 7.75. The number of rotatable bonds is 12. The van der Waals surface area contributed by atoms with Gasteiger partial charge in [-0.3, -0.25) is 9.59 Å². The fourth-order valence-electron chi connectivity index (χ4n) is 2.96. The summed E-state index contributed by atoms with van der Waals surface area (Å²) in [5, 5.41) is 8.67. The normalized spacial score (nSPS) is 11.7. The lowest BCUT2D eigenvalue weighted by Gasteiger charge is -2.22. The van der Waals surface area contributed by atoms with Crippen LogP contribution in [0.25, 0.3) is 11.1 Å². The maximum Gasteiger partial charge on any atom is 0.306 e. The minimum Gasteiger partial charge on any atom is -0.496 e. The molecule has 2 rings (SSSR count). The van der Waals surface area contributed by atoms with Crippen LogP contribution in [0, 0.1) is 0 Å². The molecule has 1 N–H and O–H groups in total. The molecule has 1 atom stereocenters. The van der Waals surface area contributed by atoms with Crippen LogP contribution in [0.5, 0.6) is 11.5 Å². The van der Waals surface area contributed by atoms with Gasteiger partial charge in [-0.2, -0.15) is 0 Å². The monoisotopic (exact) mass is 415 g/mol. The molecule has 2 aromatic carbocycles. The highest BCUT2D eigenvalue weighted by Gasteiger charge is 2.17. The Balaban J connectivity index is 1.94. The number of hydrogen-bond donors (Lipinski definition) is 1. The number of carboxylic acids is 1. The highest BCUT2D eigenvalue weighted by atomic mass is 16.6. The van der Waals surface area contributed by atoms with Crippen molar-refractivity contribution >= 4 is 11.9 Å². The number of benzene rings is 2. The number of para-hydroxylation sites is 1. The SMILES string of the molecule is COc1ccccc1-c1ccc(OCC(CN(C)C)OC(=O)CCCC(=O)O)cc1. The predicted molar refractivity (Wildman–Crippen MR) is 114 cm³/mol. The first kappa shape index (κ1) is 23.2. The molecule has 0 saturated carbocycles. The Morgan fingerprint density at radius 2 is 1.73 bits per heavy atom. The standard InChI is InChI=1S/C23H29NO6/c1-24(2)15-19(30-23(27)10-6-9-22(25)26)16-29-18-13-11-17(12-14-18)20-7-4-5-8-21(20)28-3/h4-5,7-8,11-14,19H,6,9-10,15-16H2,1-3H3,(H,25,26). The van der Waals surface area contributed by atoms with Crippen molar-refractivity contribution in [1.82, 2.24) is 4.90 Å². The number of aliphatic carboxylic acids is 1. The molecule has 0 aliphatic carbocycles. The Hall–Kier alpha value is -3.06. The number of carbonyl (C=O) groups is 2. The van der Waals surface area contributed by atoms with Crippen LogP contribution in [0.15, 0.2) is 48.5 Å². The number of carboxylic acid groups (broad SMARTS) is 1. The zero-order valence-corrected chi connectivity index (χ0v) is 17.7. The van der Waals surface area contributed by atoms with Crippen molar-refractivity contribution in [3.05, 3.63) is 48.5 Å². The van der Waals surface area contributed by atoms with Gasteiger partial charge in [-0.15, -0.1) is 0 Å². The van der Waals surface area contributed by atoms with Crippen molar-refractivity contribution in [3.8, 4) is 22.6 Å². The van der Waals surface area contributed by atoms with Crippen LogP contribution in [-0.2, 0) is 14.3 Å². The third-order valence-corrected chi connectivity index (χ3v) is 4.35. The van der Waals surface area contributed by atoms with E-state index in [-0.39, 0.29) is 25.9 Å². The molecular weight excluding hydrogens is 386 g/mol. The molecule has 7 nitrogen and oxygen atoms in total. The summed E-state index contributed by atoms with van der Waals surface area (Å²) in [4.78, 5) is 24.5. The van der Waals surface area contributed by atoms with Gasteiger partial charge in [0.25, 0.3) is 0 Å². The second-order valence-corrected chi connectivity index (χ2v) is 7.16. The Kier molecular flexibility index (Phi) is 9.15. The first-order valence-corrected chi connectivity index (χ1v) is 9.81. The van der Waals surface area contributed by atoms with Gasteiger partial charge in [0.15, 0.2) is 0 Å². The molecule has 0 heterocycles. The van der Waals surface area contributed by atoms with Crippen LogP contribution in [0.4, 0.5) is 0 Å². The molecule has 0 aromatic heterocycles. The van der Waals surface area contributed by atoms with Crippen molar-refractivity contribution in [2.45, 2.75) is 25.4 Å². The van der Waals surface area contributed by atoms with Crippen molar-refractivity contribution in [2.75, 3.05) is 34.4 Å². The van der Waals surface area contributed by atoms with Crippen molar-refractivity contribution in [3.63, 3.8) is 0 Å². The highest BCUT2D eigenvalue weighted by Crippen LogP contribution is 2.30. The summed E-state index contributed by atoms with van der Waals surface area (Å²) in [5.41, 5.74) is 2.00. The van der Waals surface area contributed by atoms with Crippen molar-refractivity contribution in [2.24, 2.45) is 0 Å². The number of nitrogens with zero attached hydrogens (tertiary/aromatic N) is 1. The van der Waals surface area contributed by atoms with Crippen LogP contribution < -0.4 is 9.47 Å². The van der Waals surface area contributed by atoms with E-state index in [9.17, 15) is 9.59 Å². The highest BCUT2D eigenvalue weighted by molar-refractivity contribution is 5.72. The van der Waals surface area contributed by atoms with Gasteiger partial charge in [0.1, 0.15) is 24.2 Å². The van der Waals surface area contributed by atoms with Gasteiger partial charge in [0.05, 0.1) is 7.11 Å². The van der Waals surface area contributed by atoms with Gasteiger partial charge in [0, 0.05) is 24.9 Å². The average molecular weight is 415 g/mol. The molecular formula is C23H29NO6. The van der Waals surface area contributed by atoms with E-state index in [0.29, 0.717) is 12.3 Å². The minimum absolute atomic E-state index is 0.0531. The van der Waals surface area contributed by atoms with E-state index in [1.165, 1.54) is 0 Å². The van der Waals surface area contributed by atoms with Gasteiger partial charge in [-0.25, -0.2) is 0 Å². The summed E-state index contributed by atoms with van der Waals surface area (Å²) in [7, 11) is 5.41. The molecule has 162 valence electrons. The molecule has 0 aliphatic rings. The Labute approximate surface area is 177 Å². The Morgan fingerprint density at radius 1 is 1.03 bits per heavy atom. The first-order chi connectivity index (χ1) is 14.4. The predicted octanol–water partition coefficient (Wildman–Crippen LogP) is 3.47. The Bertz CT molecular complexity index is 819. The summed E-state index contributed by atoms with van der Waals surface area (Å²) >= 11 is 0. The van der Waals surface area contributed by atoms with Crippen molar-refractivity contribution in [1.29, 1.82) is 0 Å². The molecule has 0 spiro atoms. The number of ether oxygens (including phenoxy) is 3. The van der Waals surface area contributed by atoms with E-state index >= 15 is 0 Å². The van der Waals surface area contributed by atoms with E-state index in [1.54, 1.807) is 7.11 Å². The first-order valence-electron chi connectivity index (χ1n) is 9.81. The molecule has 0 radical (unpaired) electrons. The summed E-state index contributed by atoms with van der Waals surface area (Å²) in [6.07, 6.45) is -0.174. The quantitative estimate of drug-likeness (QED) is 0.531. The number of esters is 1. The van der Waals surface area contributed by atoms with Gasteiger partial charge in [-0.05, 0) is 44.3 Å². The molecule has 0 bridgehead atoms. The van der Waals surface area contributed by atoms with Gasteiger partial charge < -0.3 is 24.2 Å².